The van der Waals surface area contributed by atoms with Crippen LogP contribution >= 0.6 is 0 Å². The van der Waals surface area contributed by atoms with Crippen LogP contribution in [0.2, 0.25) is 0 Å². The number of carbonyl (C=O) groups is 1. The lowest BCUT2D eigenvalue weighted by atomic mass is 9.96. The van der Waals surface area contributed by atoms with Crippen LogP contribution in [-0.2, 0) is 4.79 Å². The van der Waals surface area contributed by atoms with Gasteiger partial charge < -0.3 is 10.2 Å². The Labute approximate surface area is 180 Å². The quantitative estimate of drug-likeness (QED) is 0.434. The monoisotopic (exact) mass is 463 g/mol. The third-order valence-corrected chi connectivity index (χ3v) is 4.75. The van der Waals surface area contributed by atoms with E-state index in [4.69, 9.17) is 0 Å². The maximum atomic E-state index is 13.9. The van der Waals surface area contributed by atoms with Gasteiger partial charge in [-0.2, -0.15) is 13.2 Å². The number of aliphatic hydroxyl groups excluding tert-OH is 1. The molecule has 3 atom stereocenters. The average Bonchev–Trinajstić information content (AvgIpc) is 2.69. The highest BCUT2D eigenvalue weighted by atomic mass is 19.4. The third-order valence-electron chi connectivity index (χ3n) is 4.75. The number of aliphatic hydroxyl groups is 1. The van der Waals surface area contributed by atoms with Crippen molar-refractivity contribution in [3.05, 3.63) is 59.7 Å². The fourth-order valence-electron chi connectivity index (χ4n) is 3.17. The van der Waals surface area contributed by atoms with Crippen molar-refractivity contribution in [3.63, 3.8) is 0 Å². The molecule has 0 aromatic heterocycles. The van der Waals surface area contributed by atoms with Crippen molar-refractivity contribution in [3.8, 4) is 11.1 Å². The normalized spacial score (nSPS) is 15.4. The summed E-state index contributed by atoms with van der Waals surface area (Å²) in [6.45, 7) is 2.15. The number of carboxylic acids is 1. The summed E-state index contributed by atoms with van der Waals surface area (Å²) in [5, 5.41) is 20.6. The SMILES string of the molecule is CC(C)(F)CC(N[C@@H](c1ccc(-c2ccc([C@@H](O)C(F)F)cc2)cc1)C(F)(F)F)C(=O)O. The largest absolute Gasteiger partial charge is 0.480 e. The summed E-state index contributed by atoms with van der Waals surface area (Å²) < 4.78 is 79.9. The molecule has 2 aromatic carbocycles. The molecule has 0 bridgehead atoms. The Balaban J connectivity index is 2.27. The zero-order valence-electron chi connectivity index (χ0n) is 17.2. The second-order valence-corrected chi connectivity index (χ2v) is 7.98. The standard InChI is InChI=1S/C22H23F6NO3/c1-21(2,25)11-16(20(31)32)29-18(22(26,27)28)15-9-5-13(6-10-15)12-3-7-14(8-4-12)17(30)19(23)24/h3-10,16-19,29-30H,11H2,1-2H3,(H,31,32)/t16?,17-,18+/m1/s1. The van der Waals surface area contributed by atoms with Crippen molar-refractivity contribution in [1.82, 2.24) is 5.32 Å². The van der Waals surface area contributed by atoms with Crippen LogP contribution in [0.1, 0.15) is 43.5 Å². The number of benzene rings is 2. The Kier molecular flexibility index (Phi) is 7.95. The molecule has 2 aromatic rings. The van der Waals surface area contributed by atoms with Crippen LogP contribution in [0.3, 0.4) is 0 Å². The second-order valence-electron chi connectivity index (χ2n) is 7.98. The highest BCUT2D eigenvalue weighted by Gasteiger charge is 2.43. The summed E-state index contributed by atoms with van der Waals surface area (Å²) in [5.74, 6) is -1.60. The lowest BCUT2D eigenvalue weighted by Gasteiger charge is -2.28. The third kappa shape index (κ3) is 6.96. The summed E-state index contributed by atoms with van der Waals surface area (Å²) >= 11 is 0. The van der Waals surface area contributed by atoms with Gasteiger partial charge in [0.05, 0.1) is 0 Å². The van der Waals surface area contributed by atoms with Crippen LogP contribution in [0.5, 0.6) is 0 Å². The predicted molar refractivity (Wildman–Crippen MR) is 106 cm³/mol. The van der Waals surface area contributed by atoms with E-state index in [2.05, 4.69) is 0 Å². The maximum absolute atomic E-state index is 13.9. The van der Waals surface area contributed by atoms with Crippen LogP contribution in [0.25, 0.3) is 11.1 Å². The van der Waals surface area contributed by atoms with E-state index in [1.54, 1.807) is 0 Å². The van der Waals surface area contributed by atoms with Gasteiger partial charge in [0.1, 0.15) is 23.9 Å². The van der Waals surface area contributed by atoms with Gasteiger partial charge in [0.25, 0.3) is 6.43 Å². The molecule has 10 heteroatoms. The number of aliphatic carboxylic acids is 1. The molecular formula is C22H23F6NO3. The Hall–Kier alpha value is -2.59. The van der Waals surface area contributed by atoms with E-state index in [1.165, 1.54) is 36.4 Å². The Morgan fingerprint density at radius 2 is 1.34 bits per heavy atom. The van der Waals surface area contributed by atoms with Crippen LogP contribution in [0, 0.1) is 0 Å². The van der Waals surface area contributed by atoms with Gasteiger partial charge in [-0.15, -0.1) is 0 Å². The summed E-state index contributed by atoms with van der Waals surface area (Å²) in [5.41, 5.74) is -1.28. The number of carboxylic acid groups (broad SMARTS) is 1. The topological polar surface area (TPSA) is 69.6 Å². The first-order chi connectivity index (χ1) is 14.7. The number of halogens is 6. The zero-order chi connectivity index (χ0) is 24.3. The Morgan fingerprint density at radius 3 is 1.69 bits per heavy atom. The molecule has 0 aliphatic heterocycles. The molecule has 4 nitrogen and oxygen atoms in total. The van der Waals surface area contributed by atoms with Gasteiger partial charge >= 0.3 is 12.1 Å². The van der Waals surface area contributed by atoms with Crippen molar-refractivity contribution in [2.24, 2.45) is 0 Å². The molecule has 0 heterocycles. The highest BCUT2D eigenvalue weighted by Crippen LogP contribution is 2.35. The molecule has 0 radical (unpaired) electrons. The molecular weight excluding hydrogens is 440 g/mol. The van der Waals surface area contributed by atoms with Gasteiger partial charge in [-0.3, -0.25) is 10.1 Å². The van der Waals surface area contributed by atoms with Gasteiger partial charge in [0.2, 0.25) is 0 Å². The molecule has 32 heavy (non-hydrogen) atoms. The fourth-order valence-corrected chi connectivity index (χ4v) is 3.17. The van der Waals surface area contributed by atoms with Crippen LogP contribution in [-0.4, -0.2) is 40.5 Å². The van der Waals surface area contributed by atoms with E-state index < -0.39 is 48.8 Å². The van der Waals surface area contributed by atoms with E-state index >= 15 is 0 Å². The molecule has 0 saturated heterocycles. The maximum Gasteiger partial charge on any atom is 0.407 e. The number of rotatable bonds is 9. The number of nitrogens with one attached hydrogen (secondary N) is 1. The average molecular weight is 463 g/mol. The molecule has 0 spiro atoms. The zero-order valence-corrected chi connectivity index (χ0v) is 17.2. The minimum atomic E-state index is -4.84. The van der Waals surface area contributed by atoms with Gasteiger partial charge in [-0.05, 0) is 36.1 Å². The van der Waals surface area contributed by atoms with E-state index in [1.807, 2.05) is 5.32 Å². The molecule has 3 N–H and O–H groups in total. The van der Waals surface area contributed by atoms with Crippen molar-refractivity contribution >= 4 is 5.97 Å². The molecule has 0 fully saturated rings. The molecule has 0 aliphatic rings. The van der Waals surface area contributed by atoms with Crippen LogP contribution in [0.4, 0.5) is 26.3 Å². The van der Waals surface area contributed by atoms with Crippen molar-refractivity contribution in [2.45, 2.75) is 56.7 Å². The van der Waals surface area contributed by atoms with Gasteiger partial charge in [0, 0.05) is 6.42 Å². The van der Waals surface area contributed by atoms with Crippen molar-refractivity contribution < 1.29 is 41.4 Å². The first-order valence-corrected chi connectivity index (χ1v) is 9.60. The fraction of sp³-hybridized carbons (Fsp3) is 0.409. The molecule has 0 amide bonds. The summed E-state index contributed by atoms with van der Waals surface area (Å²) in [7, 11) is 0. The number of alkyl halides is 6. The molecule has 2 rings (SSSR count). The van der Waals surface area contributed by atoms with Crippen LogP contribution < -0.4 is 5.32 Å². The predicted octanol–water partition coefficient (Wildman–Crippen LogP) is 5.44. The Bertz CT molecular complexity index is 892. The lowest BCUT2D eigenvalue weighted by Crippen LogP contribution is -2.47. The first kappa shape index (κ1) is 25.7. The minimum Gasteiger partial charge on any atom is -0.480 e. The lowest BCUT2D eigenvalue weighted by molar-refractivity contribution is -0.164. The molecule has 0 saturated carbocycles. The number of hydrogen-bond acceptors (Lipinski definition) is 3. The second kappa shape index (κ2) is 9.91. The van der Waals surface area contributed by atoms with Gasteiger partial charge in [-0.1, -0.05) is 48.5 Å². The summed E-state index contributed by atoms with van der Waals surface area (Å²) in [6, 6.07) is 6.39. The van der Waals surface area contributed by atoms with E-state index in [0.717, 1.165) is 26.0 Å². The number of hydrogen-bond donors (Lipinski definition) is 3. The molecule has 0 aliphatic carbocycles. The first-order valence-electron chi connectivity index (χ1n) is 9.60. The van der Waals surface area contributed by atoms with E-state index in [0.29, 0.717) is 11.1 Å². The smallest absolute Gasteiger partial charge is 0.407 e. The Morgan fingerprint density at radius 1 is 0.906 bits per heavy atom. The van der Waals surface area contributed by atoms with Crippen molar-refractivity contribution in [2.75, 3.05) is 0 Å². The molecule has 1 unspecified atom stereocenters. The van der Waals surface area contributed by atoms with Crippen molar-refractivity contribution in [1.29, 1.82) is 0 Å². The van der Waals surface area contributed by atoms with Gasteiger partial charge in [-0.25, -0.2) is 13.2 Å². The highest BCUT2D eigenvalue weighted by molar-refractivity contribution is 5.73. The minimum absolute atomic E-state index is 0.00259. The summed E-state index contributed by atoms with van der Waals surface area (Å²) in [6.07, 6.45) is -10.4. The van der Waals surface area contributed by atoms with E-state index in [-0.39, 0.29) is 11.1 Å². The van der Waals surface area contributed by atoms with Gasteiger partial charge in [0.15, 0.2) is 0 Å². The molecule has 176 valence electrons. The summed E-state index contributed by atoms with van der Waals surface area (Å²) in [4.78, 5) is 11.4. The van der Waals surface area contributed by atoms with E-state index in [9.17, 15) is 41.4 Å². The van der Waals surface area contributed by atoms with Crippen LogP contribution in [0.15, 0.2) is 48.5 Å².